The molecular weight excluding hydrogens is 350 g/mol. The molecule has 2 N–H and O–H groups in total. The molecular formula is C22H31N5O. The van der Waals surface area contributed by atoms with Crippen LogP contribution in [0, 0.1) is 6.92 Å². The number of nitrogens with zero attached hydrogens (tertiary/aromatic N) is 4. The van der Waals surface area contributed by atoms with Gasteiger partial charge in [0.1, 0.15) is 11.9 Å². The number of piperidine rings is 1. The number of aliphatic imine (C=N–C) groups is 1. The van der Waals surface area contributed by atoms with Crippen molar-refractivity contribution in [2.75, 3.05) is 38.1 Å². The van der Waals surface area contributed by atoms with Crippen LogP contribution in [0.15, 0.2) is 35.5 Å². The third kappa shape index (κ3) is 3.98. The molecule has 2 atom stereocenters. The van der Waals surface area contributed by atoms with Gasteiger partial charge in [-0.2, -0.15) is 0 Å². The number of nitrogens with two attached hydrogens (primary N) is 1. The Morgan fingerprint density at radius 2 is 2.00 bits per heavy atom. The predicted molar refractivity (Wildman–Crippen MR) is 115 cm³/mol. The molecule has 2 aliphatic rings. The monoisotopic (exact) mass is 381 g/mol. The molecule has 2 saturated heterocycles. The number of hydrogen-bond acceptors (Lipinski definition) is 5. The molecule has 6 nitrogen and oxygen atoms in total. The van der Waals surface area contributed by atoms with Crippen molar-refractivity contribution in [2.45, 2.75) is 44.9 Å². The Morgan fingerprint density at radius 3 is 2.79 bits per heavy atom. The number of fused-ring (bicyclic) bond motifs is 1. The first kappa shape index (κ1) is 19.2. The fourth-order valence-electron chi connectivity index (χ4n) is 4.30. The van der Waals surface area contributed by atoms with E-state index in [2.05, 4.69) is 53.9 Å². The van der Waals surface area contributed by atoms with Crippen molar-refractivity contribution in [1.29, 1.82) is 0 Å². The highest BCUT2D eigenvalue weighted by Crippen LogP contribution is 2.30. The Labute approximate surface area is 167 Å². The Hall–Kier alpha value is -2.18. The van der Waals surface area contributed by atoms with Crippen LogP contribution < -0.4 is 10.6 Å². The maximum atomic E-state index is 6.43. The van der Waals surface area contributed by atoms with Crippen LogP contribution in [-0.2, 0) is 4.74 Å². The number of morpholine rings is 1. The summed E-state index contributed by atoms with van der Waals surface area (Å²) in [5.74, 6) is 0.639. The summed E-state index contributed by atoms with van der Waals surface area (Å²) >= 11 is 0. The van der Waals surface area contributed by atoms with Gasteiger partial charge in [0.15, 0.2) is 0 Å². The fraction of sp³-hybridized carbons (Fsp3) is 0.545. The minimum absolute atomic E-state index is 0.0954. The zero-order valence-corrected chi connectivity index (χ0v) is 17.1. The summed E-state index contributed by atoms with van der Waals surface area (Å²) in [6.07, 6.45) is 3.92. The zero-order valence-electron chi connectivity index (χ0n) is 17.1. The first-order valence-corrected chi connectivity index (χ1v) is 10.3. The SMILES string of the molecule is Cc1ccc(N2C[C@@H](C)O[C@@H](C(N)=NC3CCN(C)CC3)C2)c2cccnc12. The molecule has 28 heavy (non-hydrogen) atoms. The van der Waals surface area contributed by atoms with Crippen molar-refractivity contribution in [2.24, 2.45) is 10.7 Å². The van der Waals surface area contributed by atoms with Crippen LogP contribution >= 0.6 is 0 Å². The molecule has 0 bridgehead atoms. The van der Waals surface area contributed by atoms with Crippen LogP contribution in [0.4, 0.5) is 5.69 Å². The Kier molecular flexibility index (Phi) is 5.51. The minimum atomic E-state index is -0.170. The van der Waals surface area contributed by atoms with Crippen LogP contribution in [0.3, 0.4) is 0 Å². The topological polar surface area (TPSA) is 67.0 Å². The van der Waals surface area contributed by atoms with Gasteiger partial charge in [0.2, 0.25) is 0 Å². The van der Waals surface area contributed by atoms with Crippen LogP contribution in [0.5, 0.6) is 0 Å². The summed E-state index contributed by atoms with van der Waals surface area (Å²) in [6.45, 7) is 7.94. The molecule has 150 valence electrons. The summed E-state index contributed by atoms with van der Waals surface area (Å²) in [5, 5.41) is 1.18. The summed E-state index contributed by atoms with van der Waals surface area (Å²) in [6, 6.07) is 8.81. The van der Waals surface area contributed by atoms with E-state index in [1.54, 1.807) is 0 Å². The number of amidine groups is 1. The molecule has 0 saturated carbocycles. The van der Waals surface area contributed by atoms with Gasteiger partial charge in [-0.1, -0.05) is 6.07 Å². The second-order valence-corrected chi connectivity index (χ2v) is 8.23. The first-order chi connectivity index (χ1) is 13.5. The van der Waals surface area contributed by atoms with E-state index in [1.165, 1.54) is 16.6 Å². The van der Waals surface area contributed by atoms with Gasteiger partial charge >= 0.3 is 0 Å². The average molecular weight is 382 g/mol. The van der Waals surface area contributed by atoms with Gasteiger partial charge in [-0.25, -0.2) is 0 Å². The number of pyridine rings is 1. The summed E-state index contributed by atoms with van der Waals surface area (Å²) in [4.78, 5) is 14.1. The molecule has 0 radical (unpaired) electrons. The Balaban J connectivity index is 1.56. The largest absolute Gasteiger partial charge is 0.385 e. The van der Waals surface area contributed by atoms with E-state index < -0.39 is 0 Å². The average Bonchev–Trinajstić information content (AvgIpc) is 2.70. The lowest BCUT2D eigenvalue weighted by Gasteiger charge is -2.38. The van der Waals surface area contributed by atoms with E-state index in [-0.39, 0.29) is 12.2 Å². The van der Waals surface area contributed by atoms with Gasteiger partial charge < -0.3 is 20.3 Å². The number of rotatable bonds is 3. The normalized spacial score (nSPS) is 25.4. The number of ether oxygens (including phenoxy) is 1. The lowest BCUT2D eigenvalue weighted by atomic mass is 10.1. The third-order valence-corrected chi connectivity index (χ3v) is 5.90. The van der Waals surface area contributed by atoms with Crippen molar-refractivity contribution in [3.63, 3.8) is 0 Å². The highest BCUT2D eigenvalue weighted by molar-refractivity contribution is 5.94. The third-order valence-electron chi connectivity index (χ3n) is 5.90. The molecule has 1 aromatic heterocycles. The van der Waals surface area contributed by atoms with Crippen LogP contribution in [-0.4, -0.2) is 67.2 Å². The van der Waals surface area contributed by atoms with Gasteiger partial charge in [0.05, 0.1) is 24.2 Å². The molecule has 4 rings (SSSR count). The van der Waals surface area contributed by atoms with E-state index in [9.17, 15) is 0 Å². The summed E-state index contributed by atoms with van der Waals surface area (Å²) in [7, 11) is 2.16. The maximum Gasteiger partial charge on any atom is 0.132 e. The molecule has 2 aliphatic heterocycles. The second-order valence-electron chi connectivity index (χ2n) is 8.23. The van der Waals surface area contributed by atoms with E-state index in [0.29, 0.717) is 11.9 Å². The summed E-state index contributed by atoms with van der Waals surface area (Å²) in [5.41, 5.74) is 9.87. The highest BCUT2D eigenvalue weighted by Gasteiger charge is 2.29. The van der Waals surface area contributed by atoms with Crippen LogP contribution in [0.25, 0.3) is 10.9 Å². The molecule has 0 amide bonds. The standard InChI is InChI=1S/C22H31N5O/c1-15-6-7-19(18-5-4-10-24-21(15)18)27-13-16(2)28-20(14-27)22(23)25-17-8-11-26(3)12-9-17/h4-7,10,16-17,20H,8-9,11-14H2,1-3H3,(H2,23,25)/t16-,20-/m1/s1. The molecule has 3 heterocycles. The second kappa shape index (κ2) is 8.05. The van der Waals surface area contributed by atoms with Crippen molar-refractivity contribution in [1.82, 2.24) is 9.88 Å². The smallest absolute Gasteiger partial charge is 0.132 e. The lowest BCUT2D eigenvalue weighted by Crippen LogP contribution is -2.52. The fourth-order valence-corrected chi connectivity index (χ4v) is 4.30. The van der Waals surface area contributed by atoms with E-state index in [1.807, 2.05) is 12.3 Å². The van der Waals surface area contributed by atoms with Crippen molar-refractivity contribution < 1.29 is 4.74 Å². The van der Waals surface area contributed by atoms with E-state index >= 15 is 0 Å². The Morgan fingerprint density at radius 1 is 1.21 bits per heavy atom. The molecule has 2 aromatic rings. The highest BCUT2D eigenvalue weighted by atomic mass is 16.5. The van der Waals surface area contributed by atoms with Crippen molar-refractivity contribution in [3.05, 3.63) is 36.0 Å². The maximum absolute atomic E-state index is 6.43. The molecule has 6 heteroatoms. The van der Waals surface area contributed by atoms with Gasteiger partial charge in [-0.3, -0.25) is 9.98 Å². The lowest BCUT2D eigenvalue weighted by molar-refractivity contribution is 0.0197. The number of aryl methyl sites for hydroxylation is 1. The van der Waals surface area contributed by atoms with Gasteiger partial charge in [0, 0.05) is 23.8 Å². The van der Waals surface area contributed by atoms with Crippen LogP contribution in [0.1, 0.15) is 25.3 Å². The quantitative estimate of drug-likeness (QED) is 0.654. The Bertz CT molecular complexity index is 859. The summed E-state index contributed by atoms with van der Waals surface area (Å²) < 4.78 is 6.17. The van der Waals surface area contributed by atoms with E-state index in [0.717, 1.165) is 44.5 Å². The van der Waals surface area contributed by atoms with Crippen molar-refractivity contribution >= 4 is 22.4 Å². The zero-order chi connectivity index (χ0) is 19.7. The first-order valence-electron chi connectivity index (χ1n) is 10.3. The van der Waals surface area contributed by atoms with Gasteiger partial charge in [-0.05, 0) is 70.6 Å². The number of likely N-dealkylation sites (tertiary alicyclic amines) is 1. The molecule has 0 aliphatic carbocycles. The van der Waals surface area contributed by atoms with Crippen LogP contribution in [0.2, 0.25) is 0 Å². The van der Waals surface area contributed by atoms with Crippen molar-refractivity contribution in [3.8, 4) is 0 Å². The number of anilines is 1. The number of aromatic nitrogens is 1. The molecule has 2 fully saturated rings. The number of benzene rings is 1. The van der Waals surface area contributed by atoms with Gasteiger partial charge in [-0.15, -0.1) is 0 Å². The number of hydrogen-bond donors (Lipinski definition) is 1. The molecule has 0 spiro atoms. The molecule has 1 aromatic carbocycles. The van der Waals surface area contributed by atoms with E-state index in [4.69, 9.17) is 15.5 Å². The minimum Gasteiger partial charge on any atom is -0.385 e. The predicted octanol–water partition coefficient (Wildman–Crippen LogP) is 2.59. The van der Waals surface area contributed by atoms with Gasteiger partial charge in [0.25, 0.3) is 0 Å². The molecule has 0 unspecified atom stereocenters.